The standard InChI is InChI=1S/C14H18N2S2/c1-10-9-18-14(16-10)8-13(15-2)11-4-6-12(17-3)7-5-11/h4-7,9,13,15H,8H2,1-3H3. The molecule has 2 rings (SSSR count). The number of aryl methyl sites for hydroxylation is 1. The van der Waals surface area contributed by atoms with E-state index < -0.39 is 0 Å². The minimum Gasteiger partial charge on any atom is -0.313 e. The van der Waals surface area contributed by atoms with E-state index >= 15 is 0 Å². The first-order valence-corrected chi connectivity index (χ1v) is 8.05. The molecular weight excluding hydrogens is 260 g/mol. The van der Waals surface area contributed by atoms with E-state index in [1.807, 2.05) is 14.0 Å². The number of thioether (sulfide) groups is 1. The maximum absolute atomic E-state index is 4.53. The second kappa shape index (κ2) is 6.36. The van der Waals surface area contributed by atoms with E-state index in [-0.39, 0.29) is 0 Å². The Morgan fingerprint density at radius 3 is 2.56 bits per heavy atom. The molecule has 0 amide bonds. The Labute approximate surface area is 117 Å². The Balaban J connectivity index is 2.12. The van der Waals surface area contributed by atoms with Crippen LogP contribution in [0.4, 0.5) is 0 Å². The fourth-order valence-corrected chi connectivity index (χ4v) is 3.12. The summed E-state index contributed by atoms with van der Waals surface area (Å²) < 4.78 is 0. The van der Waals surface area contributed by atoms with Crippen LogP contribution in [-0.4, -0.2) is 18.3 Å². The monoisotopic (exact) mass is 278 g/mol. The lowest BCUT2D eigenvalue weighted by Gasteiger charge is -2.15. The average molecular weight is 278 g/mol. The molecule has 1 aromatic carbocycles. The van der Waals surface area contributed by atoms with Gasteiger partial charge in [-0.1, -0.05) is 12.1 Å². The van der Waals surface area contributed by atoms with Crippen LogP contribution in [0.25, 0.3) is 0 Å². The van der Waals surface area contributed by atoms with Crippen LogP contribution in [0.2, 0.25) is 0 Å². The molecule has 4 heteroatoms. The summed E-state index contributed by atoms with van der Waals surface area (Å²) in [5, 5.41) is 6.68. The molecule has 1 aromatic heterocycles. The average Bonchev–Trinajstić information content (AvgIpc) is 2.82. The number of benzene rings is 1. The Hall–Kier alpha value is -0.840. The predicted octanol–water partition coefficient (Wildman–Crippen LogP) is 3.68. The van der Waals surface area contributed by atoms with Crippen LogP contribution >= 0.6 is 23.1 Å². The van der Waals surface area contributed by atoms with Crippen molar-refractivity contribution < 1.29 is 0 Å². The molecule has 0 fully saturated rings. The van der Waals surface area contributed by atoms with Gasteiger partial charge in [-0.3, -0.25) is 0 Å². The molecule has 2 aromatic rings. The second-order valence-electron chi connectivity index (χ2n) is 4.20. The van der Waals surface area contributed by atoms with Gasteiger partial charge in [-0.2, -0.15) is 0 Å². The van der Waals surface area contributed by atoms with Crippen molar-refractivity contribution in [3.05, 3.63) is 45.9 Å². The summed E-state index contributed by atoms with van der Waals surface area (Å²) in [5.41, 5.74) is 2.44. The molecule has 0 bridgehead atoms. The summed E-state index contributed by atoms with van der Waals surface area (Å²) in [5.74, 6) is 0. The van der Waals surface area contributed by atoms with Gasteiger partial charge in [-0.05, 0) is 37.9 Å². The van der Waals surface area contributed by atoms with Gasteiger partial charge in [0.2, 0.25) is 0 Å². The van der Waals surface area contributed by atoms with E-state index in [9.17, 15) is 0 Å². The summed E-state index contributed by atoms with van der Waals surface area (Å²) in [6.07, 6.45) is 3.05. The largest absolute Gasteiger partial charge is 0.313 e. The normalized spacial score (nSPS) is 12.6. The smallest absolute Gasteiger partial charge is 0.0947 e. The van der Waals surface area contributed by atoms with Gasteiger partial charge in [0.1, 0.15) is 0 Å². The number of nitrogens with zero attached hydrogens (tertiary/aromatic N) is 1. The Morgan fingerprint density at radius 1 is 1.33 bits per heavy atom. The first kappa shape index (κ1) is 13.6. The van der Waals surface area contributed by atoms with Gasteiger partial charge >= 0.3 is 0 Å². The van der Waals surface area contributed by atoms with Crippen LogP contribution < -0.4 is 5.32 Å². The number of nitrogens with one attached hydrogen (secondary N) is 1. The van der Waals surface area contributed by atoms with Crippen LogP contribution in [0.1, 0.15) is 22.3 Å². The lowest BCUT2D eigenvalue weighted by molar-refractivity contribution is 0.589. The van der Waals surface area contributed by atoms with Gasteiger partial charge in [0.15, 0.2) is 0 Å². The number of aromatic nitrogens is 1. The van der Waals surface area contributed by atoms with E-state index in [1.165, 1.54) is 15.5 Å². The Morgan fingerprint density at radius 2 is 2.06 bits per heavy atom. The van der Waals surface area contributed by atoms with E-state index in [2.05, 4.69) is 46.2 Å². The van der Waals surface area contributed by atoms with Crippen molar-refractivity contribution in [1.29, 1.82) is 0 Å². The molecule has 0 saturated heterocycles. The predicted molar refractivity (Wildman–Crippen MR) is 80.6 cm³/mol. The first-order chi connectivity index (χ1) is 8.72. The summed E-state index contributed by atoms with van der Waals surface area (Å²) >= 11 is 3.51. The van der Waals surface area contributed by atoms with Crippen LogP contribution in [0.5, 0.6) is 0 Å². The van der Waals surface area contributed by atoms with E-state index in [1.54, 1.807) is 23.1 Å². The summed E-state index contributed by atoms with van der Waals surface area (Å²) in [4.78, 5) is 5.84. The fourth-order valence-electron chi connectivity index (χ4n) is 1.89. The van der Waals surface area contributed by atoms with Gasteiger partial charge < -0.3 is 5.32 Å². The van der Waals surface area contributed by atoms with E-state index in [0.29, 0.717) is 6.04 Å². The molecule has 0 radical (unpaired) electrons. The van der Waals surface area contributed by atoms with Crippen LogP contribution in [0, 0.1) is 6.92 Å². The minimum absolute atomic E-state index is 0.339. The third-order valence-corrected chi connectivity index (χ3v) is 4.64. The minimum atomic E-state index is 0.339. The maximum Gasteiger partial charge on any atom is 0.0947 e. The summed E-state index contributed by atoms with van der Waals surface area (Å²) in [6.45, 7) is 2.04. The lowest BCUT2D eigenvalue weighted by atomic mass is 10.0. The van der Waals surface area contributed by atoms with Gasteiger partial charge in [0.05, 0.1) is 5.01 Å². The van der Waals surface area contributed by atoms with Gasteiger partial charge in [-0.15, -0.1) is 23.1 Å². The van der Waals surface area contributed by atoms with E-state index in [4.69, 9.17) is 0 Å². The fraction of sp³-hybridized carbons (Fsp3) is 0.357. The van der Waals surface area contributed by atoms with Crippen molar-refractivity contribution in [2.24, 2.45) is 0 Å². The highest BCUT2D eigenvalue weighted by Crippen LogP contribution is 2.23. The summed E-state index contributed by atoms with van der Waals surface area (Å²) in [6, 6.07) is 9.10. The van der Waals surface area contributed by atoms with Crippen molar-refractivity contribution in [3.63, 3.8) is 0 Å². The highest BCUT2D eigenvalue weighted by molar-refractivity contribution is 7.98. The zero-order valence-corrected chi connectivity index (χ0v) is 12.6. The molecule has 1 atom stereocenters. The second-order valence-corrected chi connectivity index (χ2v) is 6.02. The molecule has 2 nitrogen and oxygen atoms in total. The molecule has 1 heterocycles. The molecule has 1 unspecified atom stereocenters. The molecule has 1 N–H and O–H groups in total. The molecule has 0 aliphatic carbocycles. The maximum atomic E-state index is 4.53. The topological polar surface area (TPSA) is 24.9 Å². The zero-order chi connectivity index (χ0) is 13.0. The molecule has 0 aliphatic heterocycles. The van der Waals surface area contributed by atoms with Gasteiger partial charge in [0.25, 0.3) is 0 Å². The van der Waals surface area contributed by atoms with Crippen LogP contribution in [0.15, 0.2) is 34.5 Å². The molecule has 18 heavy (non-hydrogen) atoms. The lowest BCUT2D eigenvalue weighted by Crippen LogP contribution is -2.18. The van der Waals surface area contributed by atoms with Gasteiger partial charge in [0, 0.05) is 28.4 Å². The van der Waals surface area contributed by atoms with Gasteiger partial charge in [-0.25, -0.2) is 4.98 Å². The third-order valence-electron chi connectivity index (χ3n) is 2.91. The van der Waals surface area contributed by atoms with Crippen molar-refractivity contribution in [3.8, 4) is 0 Å². The number of rotatable bonds is 5. The molecule has 0 spiro atoms. The molecule has 0 aliphatic rings. The highest BCUT2D eigenvalue weighted by Gasteiger charge is 2.12. The molecule has 0 saturated carbocycles. The summed E-state index contributed by atoms with van der Waals surface area (Å²) in [7, 11) is 2.01. The number of hydrogen-bond donors (Lipinski definition) is 1. The van der Waals surface area contributed by atoms with Crippen molar-refractivity contribution in [1.82, 2.24) is 10.3 Å². The SMILES string of the molecule is CNC(Cc1nc(C)cs1)c1ccc(SC)cc1. The molecule has 96 valence electrons. The third kappa shape index (κ3) is 3.34. The van der Waals surface area contributed by atoms with Crippen LogP contribution in [0.3, 0.4) is 0 Å². The van der Waals surface area contributed by atoms with Crippen molar-refractivity contribution in [2.45, 2.75) is 24.3 Å². The van der Waals surface area contributed by atoms with Crippen molar-refractivity contribution >= 4 is 23.1 Å². The Bertz CT molecular complexity index is 491. The van der Waals surface area contributed by atoms with E-state index in [0.717, 1.165) is 12.1 Å². The zero-order valence-electron chi connectivity index (χ0n) is 10.9. The number of thiazole rings is 1. The highest BCUT2D eigenvalue weighted by atomic mass is 32.2. The quantitative estimate of drug-likeness (QED) is 0.845. The van der Waals surface area contributed by atoms with Crippen LogP contribution in [-0.2, 0) is 6.42 Å². The Kier molecular flexibility index (Phi) is 4.80. The molecular formula is C14H18N2S2. The van der Waals surface area contributed by atoms with Crippen molar-refractivity contribution in [2.75, 3.05) is 13.3 Å². The first-order valence-electron chi connectivity index (χ1n) is 5.95. The number of hydrogen-bond acceptors (Lipinski definition) is 4. The number of likely N-dealkylation sites (N-methyl/N-ethyl adjacent to an activating group) is 1.